The molecule has 0 aliphatic carbocycles. The molecular weight excluding hydrogens is 797 g/mol. The fourth-order valence-electron chi connectivity index (χ4n) is 3.68. The molecule has 1 atom stereocenters. The number of carbonyl (C=O) groups excluding carboxylic acids is 2. The van der Waals surface area contributed by atoms with Gasteiger partial charge in [0, 0.05) is 16.8 Å². The lowest BCUT2D eigenvalue weighted by Crippen LogP contribution is -2.56. The van der Waals surface area contributed by atoms with Crippen LogP contribution in [0.1, 0.15) is 50.0 Å². The molecule has 0 saturated carbocycles. The van der Waals surface area contributed by atoms with Gasteiger partial charge in [-0.15, -0.1) is 0 Å². The van der Waals surface area contributed by atoms with Gasteiger partial charge in [-0.1, -0.05) is 77.3 Å². The highest BCUT2D eigenvalue weighted by Crippen LogP contribution is 2.29. The van der Waals surface area contributed by atoms with Crippen molar-refractivity contribution in [3.8, 4) is 5.75 Å². The Morgan fingerprint density at radius 2 is 1.42 bits per heavy atom. The molecule has 1 amide bonds. The lowest BCUT2D eigenvalue weighted by atomic mass is 10.1. The van der Waals surface area contributed by atoms with E-state index in [1.807, 2.05) is 31.2 Å². The number of hydrogen-bond donors (Lipinski definition) is 6. The number of benzene rings is 3. The second-order valence-corrected chi connectivity index (χ2v) is 12.8. The third kappa shape index (κ3) is 16.9. The standard InChI is InChI=1S/C12H11Cl3FN3O3S.C12H14O3.C9H5F3O3/c13-12(14,15)10(18-8(20)5-16)19-11(23)17-7-3-1-2-6(4-7)9(21)22;1-9(7-8-12(13)14)10-5-3-4-6-11(10)15-2;10-9(11,12)7(13)5-1-3-6(4-2-5)8(14)15/h1-4,10H,5H2,(H,18,20)(H,21,22)(H2,17,19,23);3-7H,8H2,1-2H3,(H,13,14);1-4H,(H,14,15). The molecule has 1 unspecified atom stereocenters. The van der Waals surface area contributed by atoms with E-state index in [1.54, 1.807) is 19.3 Å². The van der Waals surface area contributed by atoms with Crippen molar-refractivity contribution in [2.75, 3.05) is 19.1 Å². The van der Waals surface area contributed by atoms with Gasteiger partial charge in [0.2, 0.25) is 3.79 Å². The first-order valence-corrected chi connectivity index (χ1v) is 15.9. The normalized spacial score (nSPS) is 11.6. The summed E-state index contributed by atoms with van der Waals surface area (Å²) in [7, 11) is 1.60. The Labute approximate surface area is 319 Å². The number of carboxylic acid groups (broad SMARTS) is 3. The summed E-state index contributed by atoms with van der Waals surface area (Å²) in [6, 6.07) is 16.9. The summed E-state index contributed by atoms with van der Waals surface area (Å²) < 4.78 is 51.2. The number of thiocarbonyl (C=S) groups is 1. The van der Waals surface area contributed by atoms with E-state index in [2.05, 4.69) is 16.0 Å². The van der Waals surface area contributed by atoms with Crippen molar-refractivity contribution in [2.24, 2.45) is 0 Å². The molecule has 12 nitrogen and oxygen atoms in total. The van der Waals surface area contributed by atoms with E-state index >= 15 is 0 Å². The highest BCUT2D eigenvalue weighted by Gasteiger charge is 2.39. The zero-order valence-corrected chi connectivity index (χ0v) is 30.4. The molecule has 0 bridgehead atoms. The van der Waals surface area contributed by atoms with Crippen molar-refractivity contribution >= 4 is 93.0 Å². The Hall–Kier alpha value is -4.97. The SMILES string of the molecule is COc1ccccc1C(C)=CCC(=O)O.O=C(CF)NC(NC(=S)Nc1cccc(C(=O)O)c1)C(Cl)(Cl)Cl.O=C(O)c1ccc(C(=O)C(F)(F)F)cc1. The topological polar surface area (TPSA) is 191 Å². The summed E-state index contributed by atoms with van der Waals surface area (Å²) in [4.78, 5) is 53.4. The lowest BCUT2D eigenvalue weighted by molar-refractivity contribution is -0.136. The molecule has 3 aromatic rings. The van der Waals surface area contributed by atoms with Crippen LogP contribution < -0.4 is 20.7 Å². The third-order valence-corrected chi connectivity index (χ3v) is 7.04. The Bertz CT molecular complexity index is 1810. The van der Waals surface area contributed by atoms with Crippen LogP contribution in [0.4, 0.5) is 23.2 Å². The molecular formula is C33H30Cl3F4N3O9S. The number of nitrogens with one attached hydrogen (secondary N) is 3. The molecule has 6 N–H and O–H groups in total. The Kier molecular flexibility index (Phi) is 18.7. The van der Waals surface area contributed by atoms with E-state index in [9.17, 15) is 41.5 Å². The number of carboxylic acids is 3. The van der Waals surface area contributed by atoms with Gasteiger partial charge in [-0.05, 0) is 61.1 Å². The Balaban J connectivity index is 0.000000412. The van der Waals surface area contributed by atoms with Crippen molar-refractivity contribution in [3.05, 3.63) is 101 Å². The van der Waals surface area contributed by atoms with Gasteiger partial charge in [-0.3, -0.25) is 14.4 Å². The van der Waals surface area contributed by atoms with Crippen LogP contribution in [0.15, 0.2) is 78.9 Å². The summed E-state index contributed by atoms with van der Waals surface area (Å²) in [5, 5.41) is 33.1. The first-order chi connectivity index (χ1) is 24.6. The van der Waals surface area contributed by atoms with E-state index in [0.29, 0.717) is 5.69 Å². The number of allylic oxidation sites excluding steroid dienone is 1. The molecule has 0 aromatic heterocycles. The number of carbonyl (C=O) groups is 5. The molecule has 0 aliphatic rings. The second kappa shape index (κ2) is 21.5. The third-order valence-electron chi connectivity index (χ3n) is 6.16. The molecule has 0 radical (unpaired) electrons. The monoisotopic (exact) mass is 825 g/mol. The maximum atomic E-state index is 12.3. The van der Waals surface area contributed by atoms with E-state index in [0.717, 1.165) is 41.2 Å². The van der Waals surface area contributed by atoms with E-state index in [4.69, 9.17) is 67.1 Å². The van der Waals surface area contributed by atoms with Gasteiger partial charge in [0.1, 0.15) is 11.9 Å². The summed E-state index contributed by atoms with van der Waals surface area (Å²) in [6.07, 6.45) is -4.52. The first-order valence-electron chi connectivity index (χ1n) is 14.4. The zero-order chi connectivity index (χ0) is 40.5. The minimum atomic E-state index is -4.94. The number of rotatable bonds is 11. The number of aliphatic carboxylic acids is 1. The summed E-state index contributed by atoms with van der Waals surface area (Å²) in [5.74, 6) is -5.42. The number of anilines is 1. The van der Waals surface area contributed by atoms with Gasteiger partial charge >= 0.3 is 24.1 Å². The minimum absolute atomic E-state index is 0.0316. The molecule has 20 heteroatoms. The minimum Gasteiger partial charge on any atom is -0.496 e. The smallest absolute Gasteiger partial charge is 0.454 e. The fraction of sp³-hybridized carbons (Fsp3) is 0.212. The predicted molar refractivity (Wildman–Crippen MR) is 194 cm³/mol. The van der Waals surface area contributed by atoms with Gasteiger partial charge in [-0.2, -0.15) is 13.2 Å². The highest BCUT2D eigenvalue weighted by molar-refractivity contribution is 7.80. The lowest BCUT2D eigenvalue weighted by Gasteiger charge is -2.27. The molecule has 3 aromatic carbocycles. The zero-order valence-electron chi connectivity index (χ0n) is 27.3. The second-order valence-electron chi connectivity index (χ2n) is 10.1. The summed E-state index contributed by atoms with van der Waals surface area (Å²) in [6.45, 7) is 0.584. The molecule has 0 aliphatic heterocycles. The van der Waals surface area contributed by atoms with E-state index in [-0.39, 0.29) is 22.7 Å². The van der Waals surface area contributed by atoms with Crippen LogP contribution >= 0.6 is 47.0 Å². The number of ketones is 1. The average Bonchev–Trinajstić information content (AvgIpc) is 3.09. The highest BCUT2D eigenvalue weighted by atomic mass is 35.6. The maximum absolute atomic E-state index is 12.3. The van der Waals surface area contributed by atoms with Gasteiger partial charge in [-0.25, -0.2) is 14.0 Å². The first kappa shape index (κ1) is 46.1. The van der Waals surface area contributed by atoms with Crippen LogP contribution in [0.2, 0.25) is 0 Å². The van der Waals surface area contributed by atoms with Crippen LogP contribution in [0, 0.1) is 0 Å². The average molecular weight is 827 g/mol. The van der Waals surface area contributed by atoms with E-state index < -0.39 is 58.0 Å². The molecule has 0 saturated heterocycles. The number of halogens is 7. The molecule has 0 spiro atoms. The summed E-state index contributed by atoms with van der Waals surface area (Å²) >= 11 is 22.0. The molecule has 0 heterocycles. The van der Waals surface area contributed by atoms with Crippen LogP contribution in [-0.2, 0) is 9.59 Å². The number of para-hydroxylation sites is 1. The van der Waals surface area contributed by atoms with E-state index in [1.165, 1.54) is 18.2 Å². The maximum Gasteiger partial charge on any atom is 0.454 e. The number of methoxy groups -OCH3 is 1. The van der Waals surface area contributed by atoms with Crippen molar-refractivity contribution in [3.63, 3.8) is 0 Å². The van der Waals surface area contributed by atoms with Crippen LogP contribution in [0.5, 0.6) is 5.75 Å². The molecule has 3 rings (SSSR count). The van der Waals surface area contributed by atoms with Crippen LogP contribution in [-0.4, -0.2) is 79.9 Å². The Morgan fingerprint density at radius 3 is 1.91 bits per heavy atom. The van der Waals surface area contributed by atoms with Crippen molar-refractivity contribution in [1.29, 1.82) is 0 Å². The van der Waals surface area contributed by atoms with Gasteiger partial charge < -0.3 is 36.0 Å². The number of aromatic carboxylic acids is 2. The van der Waals surface area contributed by atoms with Crippen molar-refractivity contribution < 1.29 is 61.6 Å². The van der Waals surface area contributed by atoms with Crippen LogP contribution in [0.3, 0.4) is 0 Å². The number of alkyl halides is 7. The van der Waals surface area contributed by atoms with Crippen molar-refractivity contribution in [1.82, 2.24) is 10.6 Å². The number of hydrogen-bond acceptors (Lipinski definition) is 7. The Morgan fingerprint density at radius 1 is 0.849 bits per heavy atom. The molecule has 53 heavy (non-hydrogen) atoms. The van der Waals surface area contributed by atoms with Gasteiger partial charge in [0.25, 0.3) is 11.7 Å². The summed E-state index contributed by atoms with van der Waals surface area (Å²) in [5.41, 5.74) is 1.50. The van der Waals surface area contributed by atoms with Gasteiger partial charge in [0.05, 0.1) is 24.7 Å². The quantitative estimate of drug-likeness (QED) is 0.0377. The molecule has 0 fully saturated rings. The largest absolute Gasteiger partial charge is 0.496 e. The number of amides is 1. The van der Waals surface area contributed by atoms with Gasteiger partial charge in [0.15, 0.2) is 11.8 Å². The predicted octanol–water partition coefficient (Wildman–Crippen LogP) is 7.16. The fourth-order valence-corrected chi connectivity index (χ4v) is 4.24. The van der Waals surface area contributed by atoms with Crippen molar-refractivity contribution in [2.45, 2.75) is 29.5 Å². The van der Waals surface area contributed by atoms with Crippen LogP contribution in [0.25, 0.3) is 5.57 Å². The number of Topliss-reactive ketones (excluding diaryl/α,β-unsaturated/α-hetero) is 1. The molecule has 286 valence electrons. The number of ether oxygens (including phenoxy) is 1.